The Morgan fingerprint density at radius 2 is 2.25 bits per heavy atom. The summed E-state index contributed by atoms with van der Waals surface area (Å²) in [6.45, 7) is 5.99. The second-order valence-electron chi connectivity index (χ2n) is 5.33. The second-order valence-corrected chi connectivity index (χ2v) is 6.39. The average Bonchev–Trinajstić information content (AvgIpc) is 2.74. The maximum absolute atomic E-state index is 9.47. The third-order valence-corrected chi connectivity index (χ3v) is 4.93. The van der Waals surface area contributed by atoms with Gasteiger partial charge in [-0.1, -0.05) is 18.3 Å². The standard InChI is InChI=1S/C14H25N3O2S/c1-4-11-8-16(2)6-5-7-17(11)14-15-12(10-19-3)13(9-18)20-14/h11,18H,4-10H2,1-3H3. The first kappa shape index (κ1) is 15.7. The highest BCUT2D eigenvalue weighted by Gasteiger charge is 2.25. The quantitative estimate of drug-likeness (QED) is 0.897. The molecular weight excluding hydrogens is 274 g/mol. The number of nitrogens with zero attached hydrogens (tertiary/aromatic N) is 3. The van der Waals surface area contributed by atoms with Gasteiger partial charge in [-0.25, -0.2) is 4.98 Å². The first-order valence-corrected chi connectivity index (χ1v) is 8.04. The summed E-state index contributed by atoms with van der Waals surface area (Å²) >= 11 is 1.60. The maximum atomic E-state index is 9.47. The Kier molecular flexibility index (Phi) is 5.77. The SMILES string of the molecule is CCC1CN(C)CCCN1c1nc(COC)c(CO)s1. The lowest BCUT2D eigenvalue weighted by Gasteiger charge is -2.29. The molecule has 1 atom stereocenters. The van der Waals surface area contributed by atoms with E-state index in [0.29, 0.717) is 12.6 Å². The van der Waals surface area contributed by atoms with Gasteiger partial charge in [-0.3, -0.25) is 0 Å². The smallest absolute Gasteiger partial charge is 0.186 e. The molecule has 1 unspecified atom stereocenters. The number of hydrogen-bond donors (Lipinski definition) is 1. The molecule has 0 aromatic carbocycles. The molecule has 0 spiro atoms. The van der Waals surface area contributed by atoms with E-state index in [2.05, 4.69) is 23.8 Å². The van der Waals surface area contributed by atoms with E-state index in [-0.39, 0.29) is 6.61 Å². The molecular formula is C14H25N3O2S. The van der Waals surface area contributed by atoms with Crippen LogP contribution in [-0.4, -0.2) is 54.8 Å². The Labute approximate surface area is 125 Å². The lowest BCUT2D eigenvalue weighted by Crippen LogP contribution is -2.39. The van der Waals surface area contributed by atoms with Crippen LogP contribution in [-0.2, 0) is 18.0 Å². The lowest BCUT2D eigenvalue weighted by molar-refractivity contribution is 0.179. The van der Waals surface area contributed by atoms with Gasteiger partial charge in [0.05, 0.1) is 23.8 Å². The van der Waals surface area contributed by atoms with E-state index in [9.17, 15) is 5.11 Å². The van der Waals surface area contributed by atoms with Gasteiger partial charge in [0.25, 0.3) is 0 Å². The van der Waals surface area contributed by atoms with Crippen LogP contribution < -0.4 is 4.90 Å². The van der Waals surface area contributed by atoms with Crippen molar-refractivity contribution < 1.29 is 9.84 Å². The molecule has 1 aromatic heterocycles. The predicted octanol–water partition coefficient (Wildman–Crippen LogP) is 1.70. The van der Waals surface area contributed by atoms with Crippen molar-refractivity contribution in [3.05, 3.63) is 10.6 Å². The molecule has 1 aromatic rings. The van der Waals surface area contributed by atoms with Crippen LogP contribution in [0.25, 0.3) is 0 Å². The van der Waals surface area contributed by atoms with Crippen LogP contribution in [0.15, 0.2) is 0 Å². The van der Waals surface area contributed by atoms with Crippen LogP contribution in [0.3, 0.4) is 0 Å². The number of aliphatic hydroxyl groups excluding tert-OH is 1. The average molecular weight is 299 g/mol. The monoisotopic (exact) mass is 299 g/mol. The van der Waals surface area contributed by atoms with Gasteiger partial charge in [0.2, 0.25) is 0 Å². The van der Waals surface area contributed by atoms with Crippen LogP contribution in [0.5, 0.6) is 0 Å². The van der Waals surface area contributed by atoms with E-state index in [1.54, 1.807) is 18.4 Å². The third kappa shape index (κ3) is 3.49. The number of aromatic nitrogens is 1. The minimum Gasteiger partial charge on any atom is -0.391 e. The number of methoxy groups -OCH3 is 1. The highest BCUT2D eigenvalue weighted by molar-refractivity contribution is 7.15. The molecule has 2 rings (SSSR count). The first-order chi connectivity index (χ1) is 9.69. The van der Waals surface area contributed by atoms with E-state index in [1.807, 2.05) is 0 Å². The summed E-state index contributed by atoms with van der Waals surface area (Å²) in [5.41, 5.74) is 0.877. The number of rotatable bonds is 5. The van der Waals surface area contributed by atoms with Crippen molar-refractivity contribution in [2.24, 2.45) is 0 Å². The summed E-state index contributed by atoms with van der Waals surface area (Å²) < 4.78 is 5.17. The summed E-state index contributed by atoms with van der Waals surface area (Å²) in [5.74, 6) is 0. The van der Waals surface area contributed by atoms with Gasteiger partial charge in [-0.15, -0.1) is 0 Å². The third-order valence-electron chi connectivity index (χ3n) is 3.81. The summed E-state index contributed by atoms with van der Waals surface area (Å²) in [6.07, 6.45) is 2.26. The maximum Gasteiger partial charge on any atom is 0.186 e. The normalized spacial score (nSPS) is 21.2. The second kappa shape index (κ2) is 7.36. The number of likely N-dealkylation sites (N-methyl/N-ethyl adjacent to an activating group) is 1. The van der Waals surface area contributed by atoms with Crippen molar-refractivity contribution >= 4 is 16.5 Å². The molecule has 0 amide bonds. The molecule has 114 valence electrons. The van der Waals surface area contributed by atoms with Crippen LogP contribution in [0.4, 0.5) is 5.13 Å². The molecule has 1 aliphatic rings. The molecule has 0 radical (unpaired) electrons. The molecule has 20 heavy (non-hydrogen) atoms. The summed E-state index contributed by atoms with van der Waals surface area (Å²) in [5, 5.41) is 10.5. The predicted molar refractivity (Wildman–Crippen MR) is 82.3 cm³/mol. The molecule has 0 saturated carbocycles. The van der Waals surface area contributed by atoms with Gasteiger partial charge in [0, 0.05) is 26.2 Å². The lowest BCUT2D eigenvalue weighted by atomic mass is 10.2. The highest BCUT2D eigenvalue weighted by atomic mass is 32.1. The van der Waals surface area contributed by atoms with Gasteiger partial charge >= 0.3 is 0 Å². The molecule has 0 bridgehead atoms. The summed E-state index contributed by atoms with van der Waals surface area (Å²) in [4.78, 5) is 10.4. The number of thiazole rings is 1. The molecule has 0 aliphatic carbocycles. The Morgan fingerprint density at radius 1 is 1.45 bits per heavy atom. The number of ether oxygens (including phenoxy) is 1. The molecule has 1 N–H and O–H groups in total. The van der Waals surface area contributed by atoms with Gasteiger partial charge < -0.3 is 19.6 Å². The van der Waals surface area contributed by atoms with Crippen molar-refractivity contribution in [2.75, 3.05) is 38.7 Å². The van der Waals surface area contributed by atoms with Crippen molar-refractivity contribution in [3.8, 4) is 0 Å². The van der Waals surface area contributed by atoms with Gasteiger partial charge in [0.1, 0.15) is 0 Å². The first-order valence-electron chi connectivity index (χ1n) is 7.23. The zero-order valence-corrected chi connectivity index (χ0v) is 13.4. The fourth-order valence-electron chi connectivity index (χ4n) is 2.71. The molecule has 2 heterocycles. The van der Waals surface area contributed by atoms with Gasteiger partial charge in [0.15, 0.2) is 5.13 Å². The topological polar surface area (TPSA) is 48.8 Å². The van der Waals surface area contributed by atoms with Crippen LogP contribution >= 0.6 is 11.3 Å². The minimum absolute atomic E-state index is 0.0426. The molecule has 1 saturated heterocycles. The fraction of sp³-hybridized carbons (Fsp3) is 0.786. The van der Waals surface area contributed by atoms with Gasteiger partial charge in [-0.05, 0) is 26.4 Å². The van der Waals surface area contributed by atoms with Crippen LogP contribution in [0.1, 0.15) is 30.3 Å². The molecule has 1 fully saturated rings. The Bertz CT molecular complexity index is 425. The van der Waals surface area contributed by atoms with Crippen molar-refractivity contribution in [2.45, 2.75) is 39.0 Å². The van der Waals surface area contributed by atoms with Crippen LogP contribution in [0, 0.1) is 0 Å². The Balaban J connectivity index is 2.23. The largest absolute Gasteiger partial charge is 0.391 e. The highest BCUT2D eigenvalue weighted by Crippen LogP contribution is 2.30. The van der Waals surface area contributed by atoms with Crippen molar-refractivity contribution in [1.29, 1.82) is 0 Å². The molecule has 1 aliphatic heterocycles. The fourth-order valence-corrected chi connectivity index (χ4v) is 3.73. The summed E-state index contributed by atoms with van der Waals surface area (Å²) in [7, 11) is 3.85. The number of aliphatic hydroxyl groups is 1. The van der Waals surface area contributed by atoms with E-state index < -0.39 is 0 Å². The number of anilines is 1. The zero-order valence-electron chi connectivity index (χ0n) is 12.6. The van der Waals surface area contributed by atoms with E-state index in [4.69, 9.17) is 9.72 Å². The number of hydrogen-bond acceptors (Lipinski definition) is 6. The van der Waals surface area contributed by atoms with Gasteiger partial charge in [-0.2, -0.15) is 0 Å². The Hall–Kier alpha value is -0.690. The van der Waals surface area contributed by atoms with E-state index >= 15 is 0 Å². The zero-order chi connectivity index (χ0) is 14.5. The van der Waals surface area contributed by atoms with E-state index in [0.717, 1.165) is 48.2 Å². The van der Waals surface area contributed by atoms with Crippen molar-refractivity contribution in [1.82, 2.24) is 9.88 Å². The van der Waals surface area contributed by atoms with Crippen molar-refractivity contribution in [3.63, 3.8) is 0 Å². The minimum atomic E-state index is 0.0426. The molecule has 6 heteroatoms. The molecule has 5 nitrogen and oxygen atoms in total. The van der Waals surface area contributed by atoms with Crippen LogP contribution in [0.2, 0.25) is 0 Å². The summed E-state index contributed by atoms with van der Waals surface area (Å²) in [6, 6.07) is 0.496. The Morgan fingerprint density at radius 3 is 2.90 bits per heavy atom. The van der Waals surface area contributed by atoms with E-state index in [1.165, 1.54) is 0 Å².